The molecule has 0 spiro atoms. The molecular formula is C89H91F4N19O8. The predicted molar refractivity (Wildman–Crippen MR) is 455 cm³/mol. The monoisotopic (exact) mass is 1630 g/mol. The molecule has 0 unspecified atom stereocenters. The van der Waals surface area contributed by atoms with E-state index < -0.39 is 23.3 Å². The average molecular weight is 1630 g/mol. The number of pyridine rings is 4. The van der Waals surface area contributed by atoms with Crippen LogP contribution in [0.15, 0.2) is 185 Å². The van der Waals surface area contributed by atoms with Crippen molar-refractivity contribution < 1.29 is 35.5 Å². The highest BCUT2D eigenvalue weighted by molar-refractivity contribution is 5.83. The number of likely N-dealkylation sites (N-methyl/N-ethyl adjacent to an activating group) is 2. The minimum atomic E-state index is -0.498. The molecule has 0 radical (unpaired) electrons. The number of benzene rings is 4. The number of anilines is 4. The molecule has 0 N–H and O–H groups in total. The SMILES string of the molecule is CCCN1CCN(c2ccc3nc(-c4cc(F)c5nc(C)oc5c4)cc(=O)n3c2)CC1.CCN1CCN(c2ccc3nc(-c4cc(F)c5nc(C)oc5c4)cc(=O)n3c2)CC1.CCN1C[C@@H]2CN(c3ccc4nc(-c5ccc(OC)c(F)c5)cc(=O)n4c3)C[C@@H]2C1.Cc1nc2c(F)cc(-c3cc(=O)n4cc(N5CCN(C)CC5)ccc4n3)cc2o1. The van der Waals surface area contributed by atoms with Gasteiger partial charge < -0.3 is 52.3 Å². The van der Waals surface area contributed by atoms with Crippen LogP contribution in [0.3, 0.4) is 0 Å². The summed E-state index contributed by atoms with van der Waals surface area (Å²) in [6.45, 7) is 30.8. The van der Waals surface area contributed by atoms with Crippen LogP contribution in [0, 0.1) is 55.9 Å². The van der Waals surface area contributed by atoms with Gasteiger partial charge in [0.2, 0.25) is 0 Å². The minimum Gasteiger partial charge on any atom is -0.494 e. The van der Waals surface area contributed by atoms with Crippen molar-refractivity contribution in [2.45, 2.75) is 48.0 Å². The number of rotatable bonds is 13. The number of ether oxygens (including phenoxy) is 1. The first-order valence-corrected chi connectivity index (χ1v) is 40.6. The van der Waals surface area contributed by atoms with Gasteiger partial charge in [-0.1, -0.05) is 20.8 Å². The van der Waals surface area contributed by atoms with Gasteiger partial charge in [-0.2, -0.15) is 0 Å². The van der Waals surface area contributed by atoms with E-state index in [4.69, 9.17) is 18.0 Å². The normalized spacial score (nSPS) is 16.9. The molecule has 5 fully saturated rings. The average Bonchev–Trinajstić information content (AvgIpc) is 1.41. The summed E-state index contributed by atoms with van der Waals surface area (Å²) in [5, 5.41) is 0. The van der Waals surface area contributed by atoms with Gasteiger partial charge in [0.05, 0.1) is 52.6 Å². The number of nitrogens with zero attached hydrogens (tertiary/aromatic N) is 19. The van der Waals surface area contributed by atoms with Gasteiger partial charge in [0, 0.05) is 197 Å². The Kier molecular flexibility index (Phi) is 22.3. The summed E-state index contributed by atoms with van der Waals surface area (Å²) in [4.78, 5) is 101. The van der Waals surface area contributed by atoms with Crippen LogP contribution in [0.25, 0.3) is 101 Å². The third-order valence-electron chi connectivity index (χ3n) is 23.3. The van der Waals surface area contributed by atoms with E-state index in [0.29, 0.717) is 114 Å². The van der Waals surface area contributed by atoms with Gasteiger partial charge in [-0.05, 0) is 148 Å². The van der Waals surface area contributed by atoms with Crippen molar-refractivity contribution in [2.75, 3.05) is 158 Å². The van der Waals surface area contributed by atoms with E-state index in [-0.39, 0.29) is 44.5 Å². The summed E-state index contributed by atoms with van der Waals surface area (Å²) < 4.78 is 84.9. The first-order valence-electron chi connectivity index (χ1n) is 40.6. The zero-order valence-corrected chi connectivity index (χ0v) is 68.0. The third-order valence-corrected chi connectivity index (χ3v) is 23.3. The number of aryl methyl sites for hydroxylation is 3. The predicted octanol–water partition coefficient (Wildman–Crippen LogP) is 12.2. The number of aromatic nitrogens is 11. The molecule has 31 heteroatoms. The van der Waals surface area contributed by atoms with Crippen molar-refractivity contribution >= 4 is 78.6 Å². The zero-order valence-electron chi connectivity index (χ0n) is 68.0. The van der Waals surface area contributed by atoms with E-state index in [9.17, 15) is 36.7 Å². The van der Waals surface area contributed by atoms with E-state index in [1.807, 2.05) is 73.3 Å². The van der Waals surface area contributed by atoms with Crippen LogP contribution in [-0.2, 0) is 0 Å². The molecule has 2 atom stereocenters. The fourth-order valence-corrected chi connectivity index (χ4v) is 16.8. The topological polar surface area (TPSA) is 251 Å². The molecule has 0 saturated carbocycles. The molecule has 15 aromatic rings. The Hall–Kier alpha value is -12.7. The van der Waals surface area contributed by atoms with E-state index in [0.717, 1.165) is 154 Å². The quantitative estimate of drug-likeness (QED) is 0.0973. The summed E-state index contributed by atoms with van der Waals surface area (Å²) in [6.07, 6.45) is 8.53. The van der Waals surface area contributed by atoms with Crippen LogP contribution in [-0.4, -0.2) is 211 Å². The van der Waals surface area contributed by atoms with Crippen LogP contribution in [0.5, 0.6) is 5.75 Å². The number of likely N-dealkylation sites (tertiary alicyclic amines) is 1. The Morgan fingerprint density at radius 3 is 1.04 bits per heavy atom. The molecule has 4 aromatic carbocycles. The van der Waals surface area contributed by atoms with Gasteiger partial charge in [0.1, 0.15) is 39.1 Å². The second-order valence-corrected chi connectivity index (χ2v) is 31.2. The first-order chi connectivity index (χ1) is 58.0. The Morgan fingerprint density at radius 1 is 0.367 bits per heavy atom. The zero-order chi connectivity index (χ0) is 83.3. The number of oxazole rings is 3. The highest BCUT2D eigenvalue weighted by Gasteiger charge is 2.40. The number of piperazine rings is 3. The van der Waals surface area contributed by atoms with Gasteiger partial charge in [-0.15, -0.1) is 0 Å². The van der Waals surface area contributed by atoms with Crippen LogP contribution in [0.1, 0.15) is 44.9 Å². The lowest BCUT2D eigenvalue weighted by Gasteiger charge is -2.35. The lowest BCUT2D eigenvalue weighted by atomic mass is 10.0. The maximum Gasteiger partial charge on any atom is 0.258 e. The lowest BCUT2D eigenvalue weighted by molar-refractivity contribution is 0.258. The molecule has 618 valence electrons. The lowest BCUT2D eigenvalue weighted by Crippen LogP contribution is -2.46. The summed E-state index contributed by atoms with van der Waals surface area (Å²) in [7, 11) is 3.53. The van der Waals surface area contributed by atoms with Crippen molar-refractivity contribution in [3.05, 3.63) is 235 Å². The van der Waals surface area contributed by atoms with Crippen molar-refractivity contribution in [1.82, 2.24) is 72.1 Å². The van der Waals surface area contributed by atoms with E-state index in [1.54, 1.807) is 64.3 Å². The van der Waals surface area contributed by atoms with Gasteiger partial charge in [-0.3, -0.25) is 41.7 Å². The van der Waals surface area contributed by atoms with Gasteiger partial charge in [-0.25, -0.2) is 52.4 Å². The number of fused-ring (bicyclic) bond motifs is 8. The van der Waals surface area contributed by atoms with Gasteiger partial charge >= 0.3 is 0 Å². The van der Waals surface area contributed by atoms with Crippen LogP contribution in [0.4, 0.5) is 40.3 Å². The molecule has 20 rings (SSSR count). The first kappa shape index (κ1) is 79.7. The molecule has 120 heavy (non-hydrogen) atoms. The maximum absolute atomic E-state index is 14.5. The van der Waals surface area contributed by atoms with Crippen molar-refractivity contribution in [2.24, 2.45) is 11.8 Å². The fourth-order valence-electron chi connectivity index (χ4n) is 16.8. The highest BCUT2D eigenvalue weighted by Crippen LogP contribution is 2.36. The van der Waals surface area contributed by atoms with Crippen molar-refractivity contribution in [3.8, 4) is 50.8 Å². The fraction of sp³-hybridized carbons (Fsp3) is 0.337. The molecule has 11 aromatic heterocycles. The summed E-state index contributed by atoms with van der Waals surface area (Å²) in [5.41, 5.74) is 10.5. The molecule has 5 aliphatic heterocycles. The van der Waals surface area contributed by atoms with Gasteiger partial charge in [0.15, 0.2) is 63.4 Å². The number of methoxy groups -OCH3 is 1. The molecule has 5 aliphatic rings. The van der Waals surface area contributed by atoms with E-state index in [2.05, 4.69) is 102 Å². The number of hydrogen-bond acceptors (Lipinski definition) is 23. The number of hydrogen-bond donors (Lipinski definition) is 0. The van der Waals surface area contributed by atoms with Crippen LogP contribution < -0.4 is 46.6 Å². The molecule has 16 heterocycles. The Balaban J connectivity index is 0.000000114. The summed E-state index contributed by atoms with van der Waals surface area (Å²) in [6, 6.07) is 34.7. The Labute approximate surface area is 686 Å². The van der Waals surface area contributed by atoms with Gasteiger partial charge in [0.25, 0.3) is 22.2 Å². The molecule has 0 bridgehead atoms. The molecule has 0 aliphatic carbocycles. The largest absolute Gasteiger partial charge is 0.494 e. The van der Waals surface area contributed by atoms with Crippen LogP contribution >= 0.6 is 0 Å². The number of halogens is 4. The van der Waals surface area contributed by atoms with Crippen LogP contribution in [0.2, 0.25) is 0 Å². The van der Waals surface area contributed by atoms with E-state index in [1.165, 1.54) is 60.0 Å². The smallest absolute Gasteiger partial charge is 0.258 e. The Morgan fingerprint density at radius 2 is 0.700 bits per heavy atom. The van der Waals surface area contributed by atoms with Crippen molar-refractivity contribution in [3.63, 3.8) is 0 Å². The third kappa shape index (κ3) is 16.5. The summed E-state index contributed by atoms with van der Waals surface area (Å²) >= 11 is 0. The second kappa shape index (κ2) is 33.6. The highest BCUT2D eigenvalue weighted by atomic mass is 19.1. The molecule has 5 saturated heterocycles. The Bertz CT molecular complexity index is 6640. The molecule has 0 amide bonds. The summed E-state index contributed by atoms with van der Waals surface area (Å²) in [5.74, 6) is 0.755. The minimum absolute atomic E-state index is 0.165. The standard InChI is InChI=1S/C23H24FN5O2.C23H25FN4O2.C22H22FN5O2.C21H20FN5O2/c1-3-6-27-7-9-28(10-8-27)17-4-5-21-26-19(13-22(30)29(21)14-17)16-11-18(24)23-20(12-16)31-15(2)25-23;1-3-26-10-16-12-27(13-17(16)11-26)18-5-7-22-25-20(9-23(29)28(22)14-18)15-4-6-21(30-2)19(24)8-15;1-3-26-6-8-27(9-7-26)16-4-5-20-25-18(12-21(29)28(20)13-16)15-10-17(23)22-19(11-15)30-14(2)24-22;1-13-23-21-16(22)9-14(10-18(21)29-13)17-11-20(28)27-12-15(3-4-19(27)24-17)26-7-5-25(2)6-8-26/h4-5,11-14H,3,6-10H2,1-2H3;4-9,14,16-17H,3,10-13H2,1-2H3;4-5,10-13H,3,6-9H2,1-2H3;3-4,9-12H,5-8H2,1-2H3/t;16-,17+;;. The van der Waals surface area contributed by atoms with Crippen molar-refractivity contribution in [1.29, 1.82) is 0 Å². The molecule has 27 nitrogen and oxygen atoms in total. The maximum atomic E-state index is 14.5. The second-order valence-electron chi connectivity index (χ2n) is 31.2. The van der Waals surface area contributed by atoms with E-state index >= 15 is 0 Å². The molecular weight excluding hydrogens is 1540 g/mol.